The standard InChI is InChI=1S/C15H15F3N2O4S2/c16-15(17,18)7-8-19-26(23,24)11-3-1-10(2-4-11)12-9-25-13(20-12)5-6-14(21)22/h1-4,9,19H,5-8H2,(H,21,22). The van der Waals surface area contributed by atoms with Crippen LogP contribution >= 0.6 is 11.3 Å². The van der Waals surface area contributed by atoms with E-state index in [1.165, 1.54) is 35.6 Å². The van der Waals surface area contributed by atoms with Gasteiger partial charge in [-0.1, -0.05) is 12.1 Å². The van der Waals surface area contributed by atoms with Crippen LogP contribution in [0.5, 0.6) is 0 Å². The minimum atomic E-state index is -4.44. The summed E-state index contributed by atoms with van der Waals surface area (Å²) in [5.74, 6) is -0.922. The number of carbonyl (C=O) groups is 1. The largest absolute Gasteiger partial charge is 0.481 e. The lowest BCUT2D eigenvalue weighted by Crippen LogP contribution is -2.28. The van der Waals surface area contributed by atoms with E-state index in [1.807, 2.05) is 4.72 Å². The third-order valence-corrected chi connectivity index (χ3v) is 5.65. The van der Waals surface area contributed by atoms with Crippen molar-refractivity contribution in [2.75, 3.05) is 6.54 Å². The molecule has 0 aliphatic carbocycles. The Morgan fingerprint density at radius 3 is 2.46 bits per heavy atom. The van der Waals surface area contributed by atoms with Crippen molar-refractivity contribution >= 4 is 27.3 Å². The van der Waals surface area contributed by atoms with Crippen molar-refractivity contribution < 1.29 is 31.5 Å². The van der Waals surface area contributed by atoms with Crippen LogP contribution in [-0.2, 0) is 21.2 Å². The van der Waals surface area contributed by atoms with E-state index < -0.39 is 35.1 Å². The van der Waals surface area contributed by atoms with Crippen molar-refractivity contribution in [1.82, 2.24) is 9.71 Å². The molecule has 1 aromatic carbocycles. The Balaban J connectivity index is 2.04. The van der Waals surface area contributed by atoms with Crippen molar-refractivity contribution in [2.45, 2.75) is 30.3 Å². The number of hydrogen-bond donors (Lipinski definition) is 2. The quantitative estimate of drug-likeness (QED) is 0.700. The minimum Gasteiger partial charge on any atom is -0.481 e. The van der Waals surface area contributed by atoms with Crippen molar-refractivity contribution in [3.05, 3.63) is 34.7 Å². The van der Waals surface area contributed by atoms with Gasteiger partial charge in [-0.2, -0.15) is 13.2 Å². The molecule has 11 heteroatoms. The van der Waals surface area contributed by atoms with Gasteiger partial charge in [0.25, 0.3) is 0 Å². The average Bonchev–Trinajstić information content (AvgIpc) is 3.00. The molecule has 6 nitrogen and oxygen atoms in total. The highest BCUT2D eigenvalue weighted by Gasteiger charge is 2.27. The first kappa shape index (κ1) is 20.3. The predicted molar refractivity (Wildman–Crippen MR) is 89.4 cm³/mol. The van der Waals surface area contributed by atoms with Gasteiger partial charge in [-0.25, -0.2) is 18.1 Å². The molecule has 2 aromatic rings. The van der Waals surface area contributed by atoms with Crippen molar-refractivity contribution in [2.24, 2.45) is 0 Å². The van der Waals surface area contributed by atoms with E-state index in [-0.39, 0.29) is 11.3 Å². The lowest BCUT2D eigenvalue weighted by molar-refractivity contribution is -0.137. The summed E-state index contributed by atoms with van der Waals surface area (Å²) in [5.41, 5.74) is 1.20. The highest BCUT2D eigenvalue weighted by molar-refractivity contribution is 7.89. The highest BCUT2D eigenvalue weighted by atomic mass is 32.2. The Bertz CT molecular complexity index is 862. The maximum absolute atomic E-state index is 12.1. The lowest BCUT2D eigenvalue weighted by atomic mass is 10.2. The van der Waals surface area contributed by atoms with Crippen LogP contribution in [0.1, 0.15) is 17.8 Å². The fraction of sp³-hybridized carbons (Fsp3) is 0.333. The highest BCUT2D eigenvalue weighted by Crippen LogP contribution is 2.24. The summed E-state index contributed by atoms with van der Waals surface area (Å²) >= 11 is 1.30. The molecule has 142 valence electrons. The van der Waals surface area contributed by atoms with Gasteiger partial charge in [0, 0.05) is 23.9 Å². The molecule has 0 aliphatic rings. The number of rotatable bonds is 8. The van der Waals surface area contributed by atoms with Crippen LogP contribution in [0.3, 0.4) is 0 Å². The molecule has 2 rings (SSSR count). The second kappa shape index (κ2) is 8.14. The SMILES string of the molecule is O=C(O)CCc1nc(-c2ccc(S(=O)(=O)NCCC(F)(F)F)cc2)cs1. The van der Waals surface area contributed by atoms with Crippen molar-refractivity contribution in [3.63, 3.8) is 0 Å². The number of aliphatic carboxylic acids is 1. The van der Waals surface area contributed by atoms with Crippen LogP contribution in [0.4, 0.5) is 13.2 Å². The zero-order chi connectivity index (χ0) is 19.4. The summed E-state index contributed by atoms with van der Waals surface area (Å²) in [6.07, 6.45) is -5.42. The molecule has 1 aromatic heterocycles. The number of sulfonamides is 1. The molecule has 0 aliphatic heterocycles. The molecule has 0 bridgehead atoms. The van der Waals surface area contributed by atoms with Crippen LogP contribution in [0, 0.1) is 0 Å². The molecular formula is C15H15F3N2O4S2. The van der Waals surface area contributed by atoms with Gasteiger partial charge in [0.15, 0.2) is 0 Å². The first-order chi connectivity index (χ1) is 12.1. The normalized spacial score (nSPS) is 12.3. The number of nitrogens with zero attached hydrogens (tertiary/aromatic N) is 1. The Morgan fingerprint density at radius 1 is 1.23 bits per heavy atom. The van der Waals surface area contributed by atoms with Crippen LogP contribution in [-0.4, -0.2) is 37.2 Å². The number of carboxylic acid groups (broad SMARTS) is 1. The molecule has 0 fully saturated rings. The molecule has 0 saturated heterocycles. The number of hydrogen-bond acceptors (Lipinski definition) is 5. The van der Waals surface area contributed by atoms with Crippen LogP contribution < -0.4 is 4.72 Å². The van der Waals surface area contributed by atoms with Gasteiger partial charge < -0.3 is 5.11 Å². The number of thiazole rings is 1. The predicted octanol–water partition coefficient (Wildman–Crippen LogP) is 3.06. The van der Waals surface area contributed by atoms with E-state index in [0.717, 1.165) is 0 Å². The lowest BCUT2D eigenvalue weighted by Gasteiger charge is -2.09. The summed E-state index contributed by atoms with van der Waals surface area (Å²) in [4.78, 5) is 14.7. The van der Waals surface area contributed by atoms with E-state index in [0.29, 0.717) is 22.7 Å². The van der Waals surface area contributed by atoms with E-state index in [9.17, 15) is 26.4 Å². The molecule has 0 radical (unpaired) electrons. The number of halogens is 3. The maximum atomic E-state index is 12.1. The van der Waals surface area contributed by atoms with Gasteiger partial charge in [-0.15, -0.1) is 11.3 Å². The molecule has 26 heavy (non-hydrogen) atoms. The van der Waals surface area contributed by atoms with Crippen molar-refractivity contribution in [3.8, 4) is 11.3 Å². The Morgan fingerprint density at radius 2 is 1.88 bits per heavy atom. The Kier molecular flexibility index (Phi) is 6.37. The van der Waals surface area contributed by atoms with E-state index in [4.69, 9.17) is 5.11 Å². The van der Waals surface area contributed by atoms with Gasteiger partial charge >= 0.3 is 12.1 Å². The number of nitrogens with one attached hydrogen (secondary N) is 1. The molecule has 1 heterocycles. The van der Waals surface area contributed by atoms with Gasteiger partial charge in [0.05, 0.1) is 28.4 Å². The minimum absolute atomic E-state index is 0.0340. The van der Waals surface area contributed by atoms with Crippen LogP contribution in [0.15, 0.2) is 34.5 Å². The molecule has 0 saturated carbocycles. The van der Waals surface area contributed by atoms with Crippen molar-refractivity contribution in [1.29, 1.82) is 0 Å². The zero-order valence-corrected chi connectivity index (χ0v) is 14.9. The van der Waals surface area contributed by atoms with E-state index in [1.54, 1.807) is 5.38 Å². The monoisotopic (exact) mass is 408 g/mol. The average molecular weight is 408 g/mol. The Hall–Kier alpha value is -1.98. The fourth-order valence-corrected chi connectivity index (χ4v) is 3.83. The fourth-order valence-electron chi connectivity index (χ4n) is 1.99. The van der Waals surface area contributed by atoms with Gasteiger partial charge in [-0.05, 0) is 12.1 Å². The molecule has 2 N–H and O–H groups in total. The second-order valence-corrected chi connectivity index (χ2v) is 8.02. The smallest absolute Gasteiger partial charge is 0.390 e. The molecule has 0 amide bonds. The van der Waals surface area contributed by atoms with Gasteiger partial charge in [0.2, 0.25) is 10.0 Å². The topological polar surface area (TPSA) is 96.4 Å². The molecule has 0 spiro atoms. The number of aromatic nitrogens is 1. The third kappa shape index (κ3) is 6.07. The summed E-state index contributed by atoms with van der Waals surface area (Å²) in [6.45, 7) is -0.730. The number of carboxylic acids is 1. The van der Waals surface area contributed by atoms with E-state index >= 15 is 0 Å². The summed E-state index contributed by atoms with van der Waals surface area (Å²) in [5, 5.41) is 11.0. The van der Waals surface area contributed by atoms with Gasteiger partial charge in [0.1, 0.15) is 0 Å². The summed E-state index contributed by atoms with van der Waals surface area (Å²) in [6, 6.07) is 5.55. The summed E-state index contributed by atoms with van der Waals surface area (Å²) in [7, 11) is -4.03. The molecule has 0 atom stereocenters. The Labute approximate surface area is 151 Å². The van der Waals surface area contributed by atoms with Gasteiger partial charge in [-0.3, -0.25) is 4.79 Å². The second-order valence-electron chi connectivity index (χ2n) is 5.31. The third-order valence-electron chi connectivity index (χ3n) is 3.27. The van der Waals surface area contributed by atoms with E-state index in [2.05, 4.69) is 4.98 Å². The molecule has 0 unspecified atom stereocenters. The number of benzene rings is 1. The molecular weight excluding hydrogens is 393 g/mol. The number of alkyl halides is 3. The van der Waals surface area contributed by atoms with Crippen LogP contribution in [0.2, 0.25) is 0 Å². The summed E-state index contributed by atoms with van der Waals surface area (Å²) < 4.78 is 62.2. The first-order valence-electron chi connectivity index (χ1n) is 7.40. The first-order valence-corrected chi connectivity index (χ1v) is 9.76. The zero-order valence-electron chi connectivity index (χ0n) is 13.3. The van der Waals surface area contributed by atoms with Crippen LogP contribution in [0.25, 0.3) is 11.3 Å². The maximum Gasteiger partial charge on any atom is 0.390 e. The number of aryl methyl sites for hydroxylation is 1.